The Hall–Kier alpha value is -2.40. The van der Waals surface area contributed by atoms with Crippen LogP contribution < -0.4 is 5.56 Å². The lowest BCUT2D eigenvalue weighted by molar-refractivity contribution is 0.0697. The Labute approximate surface area is 178 Å². The average Bonchev–Trinajstić information content (AvgIpc) is 3.43. The minimum atomic E-state index is -0.914. The molecule has 4 rings (SSSR count). The lowest BCUT2D eigenvalue weighted by Gasteiger charge is -2.27. The van der Waals surface area contributed by atoms with Crippen molar-refractivity contribution in [1.82, 2.24) is 9.47 Å². The summed E-state index contributed by atoms with van der Waals surface area (Å²) in [5, 5.41) is 9.10. The van der Waals surface area contributed by atoms with Gasteiger partial charge in [-0.2, -0.15) is 0 Å². The van der Waals surface area contributed by atoms with Crippen LogP contribution in [0.2, 0.25) is 0 Å². The van der Waals surface area contributed by atoms with Crippen molar-refractivity contribution >= 4 is 5.97 Å². The summed E-state index contributed by atoms with van der Waals surface area (Å²) >= 11 is 0. The number of carboxylic acid groups (broad SMARTS) is 1. The third-order valence-corrected chi connectivity index (χ3v) is 6.80. The predicted molar refractivity (Wildman–Crippen MR) is 118 cm³/mol. The second kappa shape index (κ2) is 8.76. The number of hydrogen-bond donors (Lipinski definition) is 1. The largest absolute Gasteiger partial charge is 0.478 e. The Morgan fingerprint density at radius 1 is 1.13 bits per heavy atom. The zero-order chi connectivity index (χ0) is 21.3. The molecule has 0 amide bonds. The van der Waals surface area contributed by atoms with Gasteiger partial charge in [0.25, 0.3) is 5.56 Å². The summed E-state index contributed by atoms with van der Waals surface area (Å²) in [5.74, 6) is -0.319. The van der Waals surface area contributed by atoms with E-state index in [0.717, 1.165) is 17.7 Å². The minimum Gasteiger partial charge on any atom is -0.478 e. The second-order valence-electron chi connectivity index (χ2n) is 9.07. The van der Waals surface area contributed by atoms with Gasteiger partial charge in [-0.15, -0.1) is 0 Å². The highest BCUT2D eigenvalue weighted by atomic mass is 16.4. The summed E-state index contributed by atoms with van der Waals surface area (Å²) < 4.78 is 2.00. The van der Waals surface area contributed by atoms with Gasteiger partial charge in [-0.1, -0.05) is 25.0 Å². The van der Waals surface area contributed by atoms with Gasteiger partial charge in [0, 0.05) is 30.4 Å². The van der Waals surface area contributed by atoms with E-state index in [4.69, 9.17) is 5.11 Å². The van der Waals surface area contributed by atoms with E-state index in [1.807, 2.05) is 23.6 Å². The molecular formula is C25H32N2O3. The summed E-state index contributed by atoms with van der Waals surface area (Å²) in [6.07, 6.45) is 8.26. The Morgan fingerprint density at radius 3 is 2.40 bits per heavy atom. The van der Waals surface area contributed by atoms with Crippen LogP contribution in [0.25, 0.3) is 0 Å². The van der Waals surface area contributed by atoms with E-state index < -0.39 is 5.97 Å². The van der Waals surface area contributed by atoms with Gasteiger partial charge in [0.2, 0.25) is 0 Å². The fraction of sp³-hybridized carbons (Fsp3) is 0.520. The molecule has 0 aliphatic heterocycles. The molecule has 2 saturated carbocycles. The number of carbonyl (C=O) groups is 1. The van der Waals surface area contributed by atoms with Crippen molar-refractivity contribution in [2.75, 3.05) is 7.05 Å². The van der Waals surface area contributed by atoms with Crippen molar-refractivity contribution < 1.29 is 9.90 Å². The van der Waals surface area contributed by atoms with E-state index >= 15 is 0 Å². The normalized spacial score (nSPS) is 17.0. The Balaban J connectivity index is 1.61. The lowest BCUT2D eigenvalue weighted by Crippen LogP contribution is -2.34. The van der Waals surface area contributed by atoms with E-state index in [0.29, 0.717) is 30.5 Å². The van der Waals surface area contributed by atoms with Gasteiger partial charge >= 0.3 is 5.97 Å². The molecule has 5 heteroatoms. The van der Waals surface area contributed by atoms with Crippen LogP contribution in [0.1, 0.15) is 77.2 Å². The molecule has 5 nitrogen and oxygen atoms in total. The molecule has 2 aliphatic rings. The quantitative estimate of drug-likeness (QED) is 0.705. The zero-order valence-electron chi connectivity index (χ0n) is 18.1. The fourth-order valence-corrected chi connectivity index (χ4v) is 4.80. The Kier molecular flexibility index (Phi) is 6.09. The fourth-order valence-electron chi connectivity index (χ4n) is 4.80. The molecule has 2 aromatic rings. The molecular weight excluding hydrogens is 376 g/mol. The van der Waals surface area contributed by atoms with Crippen molar-refractivity contribution in [3.8, 4) is 0 Å². The molecule has 0 saturated heterocycles. The smallest absolute Gasteiger partial charge is 0.335 e. The molecule has 1 aromatic heterocycles. The van der Waals surface area contributed by atoms with Crippen LogP contribution in [-0.4, -0.2) is 33.6 Å². The third-order valence-electron chi connectivity index (χ3n) is 6.80. The van der Waals surface area contributed by atoms with Crippen LogP contribution in [0.5, 0.6) is 0 Å². The highest BCUT2D eigenvalue weighted by molar-refractivity contribution is 5.87. The predicted octanol–water partition coefficient (Wildman–Crippen LogP) is 4.35. The van der Waals surface area contributed by atoms with Crippen LogP contribution in [0.3, 0.4) is 0 Å². The van der Waals surface area contributed by atoms with Gasteiger partial charge in [0.1, 0.15) is 0 Å². The summed E-state index contributed by atoms with van der Waals surface area (Å²) in [6, 6.07) is 9.75. The van der Waals surface area contributed by atoms with Crippen molar-refractivity contribution in [1.29, 1.82) is 0 Å². The number of hydrogen-bond acceptors (Lipinski definition) is 3. The molecule has 160 valence electrons. The summed E-state index contributed by atoms with van der Waals surface area (Å²) in [7, 11) is 2.20. The maximum Gasteiger partial charge on any atom is 0.335 e. The van der Waals surface area contributed by atoms with Gasteiger partial charge in [0.05, 0.1) is 5.56 Å². The number of nitrogens with zero attached hydrogens (tertiary/aromatic N) is 2. The maximum absolute atomic E-state index is 13.1. The van der Waals surface area contributed by atoms with Crippen LogP contribution in [-0.2, 0) is 19.5 Å². The van der Waals surface area contributed by atoms with E-state index in [-0.39, 0.29) is 5.56 Å². The first-order valence-electron chi connectivity index (χ1n) is 11.2. The van der Waals surface area contributed by atoms with Gasteiger partial charge in [-0.05, 0) is 81.3 Å². The van der Waals surface area contributed by atoms with Crippen LogP contribution >= 0.6 is 0 Å². The molecule has 30 heavy (non-hydrogen) atoms. The standard InChI is InChI=1S/C25H32N2O3/c1-17-15-22(19-11-12-19)23(16-26(2)21-5-3-4-6-21)27(24(17)28)14-13-18-7-9-20(10-8-18)25(29)30/h7-10,15,19,21H,3-6,11-14,16H2,1-2H3,(H,29,30). The monoisotopic (exact) mass is 408 g/mol. The number of rotatable bonds is 8. The maximum atomic E-state index is 13.1. The number of pyridine rings is 1. The average molecular weight is 409 g/mol. The molecule has 0 spiro atoms. The Morgan fingerprint density at radius 2 is 1.80 bits per heavy atom. The first-order chi connectivity index (χ1) is 14.4. The number of aryl methyl sites for hydroxylation is 2. The van der Waals surface area contributed by atoms with Gasteiger partial charge < -0.3 is 9.67 Å². The number of benzene rings is 1. The van der Waals surface area contributed by atoms with Crippen molar-refractivity contribution in [3.05, 3.63) is 68.6 Å². The first kappa shape index (κ1) is 20.9. The molecule has 1 aromatic carbocycles. The highest BCUT2D eigenvalue weighted by Gasteiger charge is 2.30. The number of carboxylic acids is 1. The molecule has 0 unspecified atom stereocenters. The summed E-state index contributed by atoms with van der Waals surface area (Å²) in [5.41, 5.74) is 4.82. The summed E-state index contributed by atoms with van der Waals surface area (Å²) in [6.45, 7) is 3.38. The van der Waals surface area contributed by atoms with Crippen molar-refractivity contribution in [2.45, 2.75) is 76.9 Å². The highest BCUT2D eigenvalue weighted by Crippen LogP contribution is 2.42. The SMILES string of the molecule is Cc1cc(C2CC2)c(CN(C)C2CCCC2)n(CCc2ccc(C(=O)O)cc2)c1=O. The van der Waals surface area contributed by atoms with Crippen molar-refractivity contribution in [2.24, 2.45) is 0 Å². The first-order valence-corrected chi connectivity index (χ1v) is 11.2. The zero-order valence-corrected chi connectivity index (χ0v) is 18.1. The summed E-state index contributed by atoms with van der Waals surface area (Å²) in [4.78, 5) is 26.7. The number of aromatic nitrogens is 1. The molecule has 0 radical (unpaired) electrons. The van der Waals surface area contributed by atoms with E-state index in [9.17, 15) is 9.59 Å². The van der Waals surface area contributed by atoms with Crippen molar-refractivity contribution in [3.63, 3.8) is 0 Å². The second-order valence-corrected chi connectivity index (χ2v) is 9.07. The minimum absolute atomic E-state index is 0.108. The molecule has 2 aliphatic carbocycles. The third kappa shape index (κ3) is 4.51. The topological polar surface area (TPSA) is 62.5 Å². The molecule has 0 bridgehead atoms. The van der Waals surface area contributed by atoms with Gasteiger partial charge in [-0.3, -0.25) is 9.69 Å². The molecule has 1 N–H and O–H groups in total. The molecule has 0 atom stereocenters. The van der Waals surface area contributed by atoms with Crippen LogP contribution in [0.4, 0.5) is 0 Å². The van der Waals surface area contributed by atoms with Gasteiger partial charge in [-0.25, -0.2) is 4.79 Å². The lowest BCUT2D eigenvalue weighted by atomic mass is 10.0. The van der Waals surface area contributed by atoms with Crippen LogP contribution in [0, 0.1) is 6.92 Å². The van der Waals surface area contributed by atoms with E-state index in [1.54, 1.807) is 12.1 Å². The van der Waals surface area contributed by atoms with E-state index in [2.05, 4.69) is 18.0 Å². The molecule has 2 fully saturated rings. The Bertz CT molecular complexity index is 967. The van der Waals surface area contributed by atoms with Gasteiger partial charge in [0.15, 0.2) is 0 Å². The van der Waals surface area contributed by atoms with E-state index in [1.165, 1.54) is 49.8 Å². The number of aromatic carboxylic acids is 1. The molecule has 1 heterocycles. The van der Waals surface area contributed by atoms with Crippen LogP contribution in [0.15, 0.2) is 35.1 Å².